The number of nitrogens with one attached hydrogen (secondary N) is 1. The zero-order valence-corrected chi connectivity index (χ0v) is 16.3. The van der Waals surface area contributed by atoms with Crippen LogP contribution in [0.2, 0.25) is 0 Å². The van der Waals surface area contributed by atoms with Gasteiger partial charge in [-0.2, -0.15) is 0 Å². The van der Waals surface area contributed by atoms with E-state index in [1.165, 1.54) is 16.0 Å². The average molecular weight is 388 g/mol. The van der Waals surface area contributed by atoms with Crippen molar-refractivity contribution >= 4 is 21.6 Å². The quantitative estimate of drug-likeness (QED) is 0.573. The molecule has 1 aliphatic heterocycles. The fourth-order valence-electron chi connectivity index (χ4n) is 3.95. The van der Waals surface area contributed by atoms with Gasteiger partial charge in [0.1, 0.15) is 10.7 Å². The lowest BCUT2D eigenvalue weighted by Crippen LogP contribution is -2.29. The Morgan fingerprint density at radius 3 is 2.46 bits per heavy atom. The molecule has 5 heteroatoms. The zero-order valence-electron chi connectivity index (χ0n) is 15.5. The van der Waals surface area contributed by atoms with Crippen molar-refractivity contribution < 1.29 is 0 Å². The van der Waals surface area contributed by atoms with Crippen molar-refractivity contribution in [3.63, 3.8) is 0 Å². The number of fused-ring (bicyclic) bond motifs is 3. The molecule has 1 N–H and O–H groups in total. The summed E-state index contributed by atoms with van der Waals surface area (Å²) < 4.78 is 0. The van der Waals surface area contributed by atoms with E-state index in [-0.39, 0.29) is 5.56 Å². The lowest BCUT2D eigenvalue weighted by atomic mass is 10.0. The van der Waals surface area contributed by atoms with Crippen LogP contribution >= 0.6 is 11.3 Å². The van der Waals surface area contributed by atoms with Crippen LogP contribution < -0.4 is 5.56 Å². The smallest absolute Gasteiger partial charge is 0.259 e. The van der Waals surface area contributed by atoms with E-state index in [0.29, 0.717) is 6.42 Å². The van der Waals surface area contributed by atoms with E-state index in [9.17, 15) is 4.79 Å². The van der Waals surface area contributed by atoms with Gasteiger partial charge in [0.05, 0.1) is 5.39 Å². The first-order valence-electron chi connectivity index (χ1n) is 9.60. The van der Waals surface area contributed by atoms with E-state index in [2.05, 4.69) is 52.3 Å². The highest BCUT2D eigenvalue weighted by molar-refractivity contribution is 7.18. The van der Waals surface area contributed by atoms with E-state index >= 15 is 0 Å². The maximum absolute atomic E-state index is 12.8. The van der Waals surface area contributed by atoms with Gasteiger partial charge in [-0.15, -0.1) is 11.3 Å². The van der Waals surface area contributed by atoms with Gasteiger partial charge in [-0.25, -0.2) is 4.98 Å². The molecule has 2 aromatic heterocycles. The van der Waals surface area contributed by atoms with Crippen LogP contribution in [0.5, 0.6) is 0 Å². The van der Waals surface area contributed by atoms with E-state index < -0.39 is 0 Å². The predicted octanol–water partition coefficient (Wildman–Crippen LogP) is 4.13. The van der Waals surface area contributed by atoms with Crippen LogP contribution in [0.3, 0.4) is 0 Å². The molecule has 1 aliphatic rings. The molecule has 4 nitrogen and oxygen atoms in total. The summed E-state index contributed by atoms with van der Waals surface area (Å²) >= 11 is 1.68. The number of benzene rings is 2. The first-order chi connectivity index (χ1) is 13.8. The van der Waals surface area contributed by atoms with Crippen molar-refractivity contribution in [2.75, 3.05) is 6.54 Å². The summed E-state index contributed by atoms with van der Waals surface area (Å²) in [6.07, 6.45) is 1.56. The molecule has 0 saturated heterocycles. The number of aromatic nitrogens is 2. The minimum Gasteiger partial charge on any atom is -0.310 e. The highest BCUT2D eigenvalue weighted by Gasteiger charge is 2.23. The molecule has 0 amide bonds. The number of thiophene rings is 1. The third kappa shape index (κ3) is 3.39. The summed E-state index contributed by atoms with van der Waals surface area (Å²) in [7, 11) is 0. The minimum atomic E-state index is 0.00457. The van der Waals surface area contributed by atoms with E-state index in [4.69, 9.17) is 4.98 Å². The largest absolute Gasteiger partial charge is 0.310 e. The predicted molar refractivity (Wildman–Crippen MR) is 114 cm³/mol. The Labute approximate surface area is 167 Å². The Morgan fingerprint density at radius 1 is 1.00 bits per heavy atom. The van der Waals surface area contributed by atoms with Crippen molar-refractivity contribution in [1.82, 2.24) is 14.9 Å². The minimum absolute atomic E-state index is 0.00457. The lowest BCUT2D eigenvalue weighted by molar-refractivity contribution is 0.249. The van der Waals surface area contributed by atoms with Crippen molar-refractivity contribution in [2.24, 2.45) is 0 Å². The van der Waals surface area contributed by atoms with Crippen LogP contribution in [-0.4, -0.2) is 21.4 Å². The third-order valence-corrected chi connectivity index (χ3v) is 6.41. The molecule has 3 heterocycles. The van der Waals surface area contributed by atoms with Gasteiger partial charge in [0.15, 0.2) is 0 Å². The summed E-state index contributed by atoms with van der Waals surface area (Å²) in [6, 6.07) is 20.7. The fraction of sp³-hybridized carbons (Fsp3) is 0.217. The lowest BCUT2D eigenvalue weighted by Gasteiger charge is -2.26. The van der Waals surface area contributed by atoms with E-state index in [0.717, 1.165) is 47.7 Å². The molecule has 0 radical (unpaired) electrons. The van der Waals surface area contributed by atoms with Crippen molar-refractivity contribution in [1.29, 1.82) is 0 Å². The molecule has 0 atom stereocenters. The molecule has 0 bridgehead atoms. The summed E-state index contributed by atoms with van der Waals surface area (Å²) in [5, 5.41) is 0.802. The summed E-state index contributed by atoms with van der Waals surface area (Å²) in [6.45, 7) is 2.80. The number of hydrogen-bond donors (Lipinski definition) is 1. The Morgan fingerprint density at radius 2 is 1.71 bits per heavy atom. The summed E-state index contributed by atoms with van der Waals surface area (Å²) in [5.74, 6) is 0.739. The number of H-pyrrole nitrogens is 1. The summed E-state index contributed by atoms with van der Waals surface area (Å²) in [4.78, 5) is 25.2. The molecule has 0 aliphatic carbocycles. The molecule has 2 aromatic carbocycles. The second kappa shape index (κ2) is 7.34. The van der Waals surface area contributed by atoms with Gasteiger partial charge in [-0.1, -0.05) is 60.7 Å². The zero-order chi connectivity index (χ0) is 18.9. The number of rotatable bonds is 4. The number of aromatic amines is 1. The average Bonchev–Trinajstić information content (AvgIpc) is 3.07. The van der Waals surface area contributed by atoms with Crippen LogP contribution in [0.1, 0.15) is 27.4 Å². The molecule has 4 aromatic rings. The maximum Gasteiger partial charge on any atom is 0.259 e. The van der Waals surface area contributed by atoms with E-state index in [1.807, 2.05) is 18.2 Å². The van der Waals surface area contributed by atoms with Crippen LogP contribution in [0.25, 0.3) is 10.2 Å². The van der Waals surface area contributed by atoms with Crippen LogP contribution in [0.4, 0.5) is 0 Å². The van der Waals surface area contributed by atoms with Gasteiger partial charge in [0.25, 0.3) is 5.56 Å². The standard InChI is InChI=1S/C23H21N3OS/c27-22-21-18-11-12-26(14-17-9-5-2-6-10-17)15-19(18)28-23(21)25-20(24-22)13-16-7-3-1-4-8-16/h1-10H,11-15H2,(H,24,25,27). The molecule has 0 unspecified atom stereocenters. The first-order valence-corrected chi connectivity index (χ1v) is 10.4. The Bertz CT molecular complexity index is 1170. The topological polar surface area (TPSA) is 49.0 Å². The molecule has 0 saturated carbocycles. The molecule has 0 spiro atoms. The number of nitrogens with zero attached hydrogens (tertiary/aromatic N) is 2. The highest BCUT2D eigenvalue weighted by Crippen LogP contribution is 2.33. The van der Waals surface area contributed by atoms with Crippen molar-refractivity contribution in [2.45, 2.75) is 25.9 Å². The molecule has 28 heavy (non-hydrogen) atoms. The normalized spacial score (nSPS) is 14.3. The van der Waals surface area contributed by atoms with Gasteiger partial charge in [0.2, 0.25) is 0 Å². The van der Waals surface area contributed by atoms with Gasteiger partial charge in [0, 0.05) is 30.9 Å². The SMILES string of the molecule is O=c1[nH]c(Cc2ccccc2)nc2sc3c(c12)CCN(Cc1ccccc1)C3. The number of hydrogen-bond acceptors (Lipinski definition) is 4. The molecular weight excluding hydrogens is 366 g/mol. The maximum atomic E-state index is 12.8. The van der Waals surface area contributed by atoms with Crippen LogP contribution in [0.15, 0.2) is 65.5 Å². The van der Waals surface area contributed by atoms with Gasteiger partial charge < -0.3 is 4.98 Å². The summed E-state index contributed by atoms with van der Waals surface area (Å²) in [5.41, 5.74) is 3.68. The van der Waals surface area contributed by atoms with Crippen LogP contribution in [-0.2, 0) is 25.9 Å². The van der Waals surface area contributed by atoms with Crippen molar-refractivity contribution in [3.8, 4) is 0 Å². The second-order valence-corrected chi connectivity index (χ2v) is 8.39. The van der Waals surface area contributed by atoms with Crippen LogP contribution in [0, 0.1) is 0 Å². The second-order valence-electron chi connectivity index (χ2n) is 7.31. The third-order valence-electron chi connectivity index (χ3n) is 5.30. The van der Waals surface area contributed by atoms with E-state index in [1.54, 1.807) is 11.3 Å². The fourth-order valence-corrected chi connectivity index (χ4v) is 5.23. The highest BCUT2D eigenvalue weighted by atomic mass is 32.1. The molecule has 140 valence electrons. The van der Waals surface area contributed by atoms with Crippen molar-refractivity contribution in [3.05, 3.63) is 98.4 Å². The Balaban J connectivity index is 1.43. The van der Waals surface area contributed by atoms with Gasteiger partial charge in [-0.3, -0.25) is 9.69 Å². The molecule has 0 fully saturated rings. The molecule has 5 rings (SSSR count). The Hall–Kier alpha value is -2.76. The van der Waals surface area contributed by atoms with Gasteiger partial charge >= 0.3 is 0 Å². The monoisotopic (exact) mass is 387 g/mol. The Kier molecular flexibility index (Phi) is 4.55. The molecular formula is C23H21N3OS. The van der Waals surface area contributed by atoms with Gasteiger partial charge in [-0.05, 0) is 23.1 Å². The first kappa shape index (κ1) is 17.3.